The molecule has 0 bridgehead atoms. The van der Waals surface area contributed by atoms with Crippen LogP contribution in [0.1, 0.15) is 5.56 Å². The van der Waals surface area contributed by atoms with Gasteiger partial charge < -0.3 is 9.84 Å². The summed E-state index contributed by atoms with van der Waals surface area (Å²) in [6.07, 6.45) is 3.30. The maximum atomic E-state index is 10.6. The maximum Gasteiger partial charge on any atom is 0.311 e. The van der Waals surface area contributed by atoms with Gasteiger partial charge in [-0.15, -0.1) is 0 Å². The number of nitrogens with zero attached hydrogens (tertiary/aromatic N) is 1. The lowest BCUT2D eigenvalue weighted by molar-refractivity contribution is -0.385. The van der Waals surface area contributed by atoms with E-state index in [0.717, 1.165) is 0 Å². The monoisotopic (exact) mass is 193 g/mol. The van der Waals surface area contributed by atoms with E-state index < -0.39 is 4.92 Å². The van der Waals surface area contributed by atoms with Gasteiger partial charge in [-0.2, -0.15) is 0 Å². The fraction of sp³-hybridized carbons (Fsp3) is 0.111. The van der Waals surface area contributed by atoms with Crippen molar-refractivity contribution in [2.75, 3.05) is 6.61 Å². The molecule has 0 atom stereocenters. The van der Waals surface area contributed by atoms with Crippen LogP contribution in [0.5, 0.6) is 11.5 Å². The molecule has 5 heteroatoms. The van der Waals surface area contributed by atoms with Gasteiger partial charge in [0.05, 0.1) is 10.5 Å². The molecular weight excluding hydrogens is 186 g/mol. The highest BCUT2D eigenvalue weighted by Crippen LogP contribution is 2.39. The Bertz CT molecular complexity index is 425. The molecule has 5 nitrogen and oxygen atoms in total. The molecule has 72 valence electrons. The molecule has 1 aliphatic rings. The predicted molar refractivity (Wildman–Crippen MR) is 49.3 cm³/mol. The lowest BCUT2D eigenvalue weighted by Gasteiger charge is -2.12. The van der Waals surface area contributed by atoms with Crippen molar-refractivity contribution in [3.8, 4) is 11.5 Å². The van der Waals surface area contributed by atoms with Crippen molar-refractivity contribution in [3.63, 3.8) is 0 Å². The van der Waals surface area contributed by atoms with Crippen molar-refractivity contribution in [3.05, 3.63) is 33.9 Å². The van der Waals surface area contributed by atoms with Gasteiger partial charge in [-0.05, 0) is 18.2 Å². The molecule has 1 heterocycles. The highest BCUT2D eigenvalue weighted by molar-refractivity contribution is 5.71. The first-order valence-corrected chi connectivity index (χ1v) is 4.00. The average Bonchev–Trinajstić information content (AvgIpc) is 2.18. The van der Waals surface area contributed by atoms with Gasteiger partial charge in [0.2, 0.25) is 5.75 Å². The molecule has 1 aromatic carbocycles. The van der Waals surface area contributed by atoms with E-state index in [1.807, 2.05) is 0 Å². The second-order valence-corrected chi connectivity index (χ2v) is 2.82. The molecule has 0 aromatic heterocycles. The zero-order chi connectivity index (χ0) is 10.1. The van der Waals surface area contributed by atoms with Crippen LogP contribution in [0.15, 0.2) is 18.2 Å². The SMILES string of the molecule is O=[N+]([O-])c1ccc(O)c2c1OCC=C2. The van der Waals surface area contributed by atoms with Crippen LogP contribution in [0, 0.1) is 10.1 Å². The normalized spacial score (nSPS) is 13.1. The topological polar surface area (TPSA) is 72.6 Å². The Kier molecular flexibility index (Phi) is 1.85. The van der Waals surface area contributed by atoms with Crippen LogP contribution >= 0.6 is 0 Å². The Morgan fingerprint density at radius 3 is 3.00 bits per heavy atom. The van der Waals surface area contributed by atoms with Gasteiger partial charge in [-0.1, -0.05) is 0 Å². The fourth-order valence-corrected chi connectivity index (χ4v) is 1.33. The summed E-state index contributed by atoms with van der Waals surface area (Å²) in [7, 11) is 0. The summed E-state index contributed by atoms with van der Waals surface area (Å²) >= 11 is 0. The minimum Gasteiger partial charge on any atom is -0.507 e. The summed E-state index contributed by atoms with van der Waals surface area (Å²) in [5.74, 6) is 0.124. The number of phenols is 1. The molecule has 0 saturated heterocycles. The summed E-state index contributed by atoms with van der Waals surface area (Å²) < 4.78 is 5.11. The Morgan fingerprint density at radius 1 is 1.50 bits per heavy atom. The van der Waals surface area contributed by atoms with Gasteiger partial charge in [0, 0.05) is 6.07 Å². The summed E-state index contributed by atoms with van der Waals surface area (Å²) in [6.45, 7) is 0.289. The lowest BCUT2D eigenvalue weighted by atomic mass is 10.1. The molecule has 2 rings (SSSR count). The van der Waals surface area contributed by atoms with Crippen LogP contribution in [0.25, 0.3) is 6.08 Å². The number of nitro benzene ring substituents is 1. The summed E-state index contributed by atoms with van der Waals surface area (Å²) in [5, 5.41) is 20.0. The van der Waals surface area contributed by atoms with Crippen molar-refractivity contribution in [2.24, 2.45) is 0 Å². The number of hydrogen-bond acceptors (Lipinski definition) is 4. The van der Waals surface area contributed by atoms with E-state index in [1.165, 1.54) is 12.1 Å². The molecule has 0 unspecified atom stereocenters. The minimum absolute atomic E-state index is 0.0125. The summed E-state index contributed by atoms with van der Waals surface area (Å²) in [5.41, 5.74) is 0.243. The van der Waals surface area contributed by atoms with Crippen molar-refractivity contribution in [1.82, 2.24) is 0 Å². The Balaban J connectivity index is 2.66. The smallest absolute Gasteiger partial charge is 0.311 e. The minimum atomic E-state index is -0.530. The second kappa shape index (κ2) is 3.02. The first-order valence-electron chi connectivity index (χ1n) is 4.00. The van der Waals surface area contributed by atoms with E-state index in [4.69, 9.17) is 4.74 Å². The van der Waals surface area contributed by atoms with Crippen LogP contribution in [-0.4, -0.2) is 16.6 Å². The number of rotatable bonds is 1. The average molecular weight is 193 g/mol. The van der Waals surface area contributed by atoms with Crippen LogP contribution < -0.4 is 4.74 Å². The molecule has 1 aromatic rings. The van der Waals surface area contributed by atoms with Crippen LogP contribution in [-0.2, 0) is 0 Å². The zero-order valence-electron chi connectivity index (χ0n) is 7.14. The number of hydrogen-bond donors (Lipinski definition) is 1. The third kappa shape index (κ3) is 1.19. The van der Waals surface area contributed by atoms with E-state index >= 15 is 0 Å². The Morgan fingerprint density at radius 2 is 2.29 bits per heavy atom. The van der Waals surface area contributed by atoms with E-state index in [1.54, 1.807) is 12.2 Å². The number of phenolic OH excluding ortho intramolecular Hbond substituents is 1. The molecule has 0 fully saturated rings. The lowest BCUT2D eigenvalue weighted by Crippen LogP contribution is -2.03. The van der Waals surface area contributed by atoms with Gasteiger partial charge in [-0.25, -0.2) is 0 Å². The quantitative estimate of drug-likeness (QED) is 0.544. The maximum absolute atomic E-state index is 10.6. The van der Waals surface area contributed by atoms with E-state index in [2.05, 4.69) is 0 Å². The van der Waals surface area contributed by atoms with Crippen molar-refractivity contribution < 1.29 is 14.8 Å². The standard InChI is InChI=1S/C9H7NO4/c11-8-4-3-7(10(12)13)9-6(8)2-1-5-14-9/h1-4,11H,5H2. The van der Waals surface area contributed by atoms with Crippen molar-refractivity contribution >= 4 is 11.8 Å². The molecular formula is C9H7NO4. The molecule has 0 radical (unpaired) electrons. The number of fused-ring (bicyclic) bond motifs is 1. The van der Waals surface area contributed by atoms with Crippen LogP contribution in [0.2, 0.25) is 0 Å². The third-order valence-corrected chi connectivity index (χ3v) is 1.96. The Labute approximate surface area is 79.4 Å². The Hall–Kier alpha value is -2.04. The van der Waals surface area contributed by atoms with Gasteiger partial charge in [-0.3, -0.25) is 10.1 Å². The van der Waals surface area contributed by atoms with Crippen molar-refractivity contribution in [1.29, 1.82) is 0 Å². The first kappa shape index (κ1) is 8.55. The van der Waals surface area contributed by atoms with Crippen LogP contribution in [0.3, 0.4) is 0 Å². The molecule has 0 spiro atoms. The van der Waals surface area contributed by atoms with E-state index in [9.17, 15) is 15.2 Å². The number of ether oxygens (including phenoxy) is 1. The molecule has 14 heavy (non-hydrogen) atoms. The van der Waals surface area contributed by atoms with Crippen LogP contribution in [0.4, 0.5) is 5.69 Å². The molecule has 1 N–H and O–H groups in total. The van der Waals surface area contributed by atoms with Gasteiger partial charge in [0.25, 0.3) is 0 Å². The van der Waals surface area contributed by atoms with Gasteiger partial charge >= 0.3 is 5.69 Å². The van der Waals surface area contributed by atoms with E-state index in [0.29, 0.717) is 5.56 Å². The first-order chi connectivity index (χ1) is 6.70. The fourth-order valence-electron chi connectivity index (χ4n) is 1.33. The predicted octanol–water partition coefficient (Wildman–Crippen LogP) is 1.71. The largest absolute Gasteiger partial charge is 0.507 e. The van der Waals surface area contributed by atoms with Gasteiger partial charge in [0.1, 0.15) is 12.4 Å². The third-order valence-electron chi connectivity index (χ3n) is 1.96. The molecule has 0 saturated carbocycles. The summed E-state index contributed by atoms with van der Waals surface area (Å²) in [4.78, 5) is 10.1. The zero-order valence-corrected chi connectivity index (χ0v) is 7.14. The molecule has 0 aliphatic carbocycles. The molecule has 0 amide bonds. The highest BCUT2D eigenvalue weighted by atomic mass is 16.6. The number of aromatic hydroxyl groups is 1. The molecule has 1 aliphatic heterocycles. The summed E-state index contributed by atoms with van der Waals surface area (Å²) in [6, 6.07) is 2.52. The second-order valence-electron chi connectivity index (χ2n) is 2.82. The van der Waals surface area contributed by atoms with Crippen molar-refractivity contribution in [2.45, 2.75) is 0 Å². The number of benzene rings is 1. The highest BCUT2D eigenvalue weighted by Gasteiger charge is 2.22. The number of nitro groups is 1. The van der Waals surface area contributed by atoms with E-state index in [-0.39, 0.29) is 23.8 Å². The van der Waals surface area contributed by atoms with Gasteiger partial charge in [0.15, 0.2) is 0 Å².